The lowest BCUT2D eigenvalue weighted by atomic mass is 10.1. The van der Waals surface area contributed by atoms with E-state index in [1.54, 1.807) is 0 Å². The minimum absolute atomic E-state index is 1.19. The quantitative estimate of drug-likeness (QED) is 0.422. The van der Waals surface area contributed by atoms with E-state index in [2.05, 4.69) is 18.7 Å². The third-order valence-electron chi connectivity index (χ3n) is 1.08. The number of rotatable bonds is 1. The van der Waals surface area contributed by atoms with E-state index in [1.165, 1.54) is 18.4 Å². The average Bonchev–Trinajstić information content (AvgIpc) is 1.31. The zero-order valence-electron chi connectivity index (χ0n) is 3.99. The standard InChI is InChI=1S/C6H8/c1-2-6-4-3-5-6/h3H,2,4H2,1H3. The molecule has 0 N–H and O–H groups in total. The summed E-state index contributed by atoms with van der Waals surface area (Å²) >= 11 is 0. The number of hydrogen-bond acceptors (Lipinski definition) is 0. The SMILES string of the molecule is CCC1=C=CC1. The van der Waals surface area contributed by atoms with Gasteiger partial charge in [-0.25, -0.2) is 0 Å². The van der Waals surface area contributed by atoms with Crippen molar-refractivity contribution >= 4 is 0 Å². The predicted octanol–water partition coefficient (Wildman–Crippen LogP) is 1.88. The van der Waals surface area contributed by atoms with Crippen LogP contribution in [-0.2, 0) is 0 Å². The summed E-state index contributed by atoms with van der Waals surface area (Å²) in [7, 11) is 0. The molecule has 0 aromatic carbocycles. The first-order valence-corrected chi connectivity index (χ1v) is 2.36. The molecule has 1 aliphatic rings. The van der Waals surface area contributed by atoms with Crippen LogP contribution in [0.2, 0.25) is 0 Å². The Hall–Kier alpha value is -0.480. The van der Waals surface area contributed by atoms with Crippen LogP contribution in [-0.4, -0.2) is 0 Å². The molecule has 0 unspecified atom stereocenters. The molecular weight excluding hydrogens is 72.1 g/mol. The van der Waals surface area contributed by atoms with Crippen molar-refractivity contribution < 1.29 is 0 Å². The van der Waals surface area contributed by atoms with Crippen LogP contribution in [0, 0.1) is 0 Å². The van der Waals surface area contributed by atoms with Crippen LogP contribution in [0.4, 0.5) is 0 Å². The van der Waals surface area contributed by atoms with E-state index in [4.69, 9.17) is 0 Å². The van der Waals surface area contributed by atoms with Crippen LogP contribution < -0.4 is 0 Å². The fourth-order valence-corrected chi connectivity index (χ4v) is 0.493. The highest BCUT2D eigenvalue weighted by molar-refractivity contribution is 5.14. The first-order chi connectivity index (χ1) is 2.93. The van der Waals surface area contributed by atoms with Crippen LogP contribution in [0.25, 0.3) is 0 Å². The van der Waals surface area contributed by atoms with Crippen LogP contribution in [0.1, 0.15) is 19.8 Å². The molecule has 0 aromatic rings. The van der Waals surface area contributed by atoms with E-state index >= 15 is 0 Å². The molecule has 0 nitrogen and oxygen atoms in total. The molecule has 0 aromatic heterocycles. The maximum absolute atomic E-state index is 3.09. The Morgan fingerprint density at radius 1 is 2.00 bits per heavy atom. The monoisotopic (exact) mass is 80.1 g/mol. The van der Waals surface area contributed by atoms with Gasteiger partial charge >= 0.3 is 0 Å². The largest absolute Gasteiger partial charge is 0.125 e. The zero-order chi connectivity index (χ0) is 4.41. The molecule has 0 fully saturated rings. The summed E-state index contributed by atoms with van der Waals surface area (Å²) in [5.41, 5.74) is 4.55. The van der Waals surface area contributed by atoms with Gasteiger partial charge in [-0.05, 0) is 18.1 Å². The molecule has 0 saturated carbocycles. The zero-order valence-corrected chi connectivity index (χ0v) is 3.99. The van der Waals surface area contributed by atoms with Gasteiger partial charge in [0.25, 0.3) is 0 Å². The molecule has 0 radical (unpaired) electrons. The fourth-order valence-electron chi connectivity index (χ4n) is 0.493. The van der Waals surface area contributed by atoms with Gasteiger partial charge in [-0.15, -0.1) is 5.73 Å². The summed E-state index contributed by atoms with van der Waals surface area (Å²) in [6.45, 7) is 2.16. The molecular formula is C6H8. The van der Waals surface area contributed by atoms with Crippen molar-refractivity contribution in [2.24, 2.45) is 0 Å². The number of hydrogen-bond donors (Lipinski definition) is 0. The topological polar surface area (TPSA) is 0 Å². The molecule has 1 aliphatic carbocycles. The maximum Gasteiger partial charge on any atom is 0.00134 e. The molecule has 0 spiro atoms. The first-order valence-electron chi connectivity index (χ1n) is 2.36. The molecule has 0 atom stereocenters. The van der Waals surface area contributed by atoms with E-state index in [0.717, 1.165) is 0 Å². The smallest absolute Gasteiger partial charge is 0.00134 e. The van der Waals surface area contributed by atoms with Crippen molar-refractivity contribution in [1.82, 2.24) is 0 Å². The Morgan fingerprint density at radius 3 is 2.67 bits per heavy atom. The summed E-state index contributed by atoms with van der Waals surface area (Å²) in [5.74, 6) is 0. The van der Waals surface area contributed by atoms with E-state index in [-0.39, 0.29) is 0 Å². The van der Waals surface area contributed by atoms with Crippen molar-refractivity contribution in [2.75, 3.05) is 0 Å². The third-order valence-corrected chi connectivity index (χ3v) is 1.08. The van der Waals surface area contributed by atoms with Gasteiger partial charge in [0.2, 0.25) is 0 Å². The molecule has 0 amide bonds. The van der Waals surface area contributed by atoms with E-state index in [9.17, 15) is 0 Å². The van der Waals surface area contributed by atoms with Crippen LogP contribution in [0.15, 0.2) is 17.4 Å². The van der Waals surface area contributed by atoms with E-state index in [1.807, 2.05) is 0 Å². The summed E-state index contributed by atoms with van der Waals surface area (Å²) in [6.07, 6.45) is 4.45. The summed E-state index contributed by atoms with van der Waals surface area (Å²) in [5, 5.41) is 0. The van der Waals surface area contributed by atoms with Gasteiger partial charge in [0.1, 0.15) is 0 Å². The normalized spacial score (nSPS) is 16.5. The van der Waals surface area contributed by atoms with Gasteiger partial charge in [0, 0.05) is 6.42 Å². The van der Waals surface area contributed by atoms with Crippen molar-refractivity contribution in [3.63, 3.8) is 0 Å². The van der Waals surface area contributed by atoms with Gasteiger partial charge < -0.3 is 0 Å². The molecule has 0 aliphatic heterocycles. The maximum atomic E-state index is 3.09. The lowest BCUT2D eigenvalue weighted by Crippen LogP contribution is -1.80. The Morgan fingerprint density at radius 2 is 2.67 bits per heavy atom. The molecule has 6 heavy (non-hydrogen) atoms. The fraction of sp³-hybridized carbons (Fsp3) is 0.500. The summed E-state index contributed by atoms with van der Waals surface area (Å²) < 4.78 is 0. The van der Waals surface area contributed by atoms with Crippen molar-refractivity contribution in [2.45, 2.75) is 19.8 Å². The molecule has 32 valence electrons. The van der Waals surface area contributed by atoms with Gasteiger partial charge in [-0.2, -0.15) is 0 Å². The van der Waals surface area contributed by atoms with Crippen LogP contribution >= 0.6 is 0 Å². The summed E-state index contributed by atoms with van der Waals surface area (Å²) in [6, 6.07) is 0. The lowest BCUT2D eigenvalue weighted by molar-refractivity contribution is 1.00. The number of allylic oxidation sites excluding steroid dienone is 1. The van der Waals surface area contributed by atoms with Gasteiger partial charge in [-0.1, -0.05) is 6.92 Å². The second-order valence-corrected chi connectivity index (χ2v) is 1.51. The highest BCUT2D eigenvalue weighted by atomic mass is 14.0. The minimum Gasteiger partial charge on any atom is -0.125 e. The van der Waals surface area contributed by atoms with E-state index in [0.29, 0.717) is 0 Å². The summed E-state index contributed by atoms with van der Waals surface area (Å²) in [4.78, 5) is 0. The average molecular weight is 80.1 g/mol. The second kappa shape index (κ2) is 1.32. The van der Waals surface area contributed by atoms with E-state index < -0.39 is 0 Å². The van der Waals surface area contributed by atoms with Crippen molar-refractivity contribution in [3.05, 3.63) is 17.4 Å². The van der Waals surface area contributed by atoms with Gasteiger partial charge in [0.15, 0.2) is 0 Å². The first kappa shape index (κ1) is 3.70. The van der Waals surface area contributed by atoms with Gasteiger partial charge in [0.05, 0.1) is 0 Å². The van der Waals surface area contributed by atoms with Crippen LogP contribution in [0.5, 0.6) is 0 Å². The highest BCUT2D eigenvalue weighted by Crippen LogP contribution is 2.11. The van der Waals surface area contributed by atoms with Crippen LogP contribution in [0.3, 0.4) is 0 Å². The predicted molar refractivity (Wildman–Crippen MR) is 26.5 cm³/mol. The van der Waals surface area contributed by atoms with Crippen molar-refractivity contribution in [1.29, 1.82) is 0 Å². The van der Waals surface area contributed by atoms with Gasteiger partial charge in [-0.3, -0.25) is 0 Å². The molecule has 1 rings (SSSR count). The Kier molecular flexibility index (Phi) is 0.813. The lowest BCUT2D eigenvalue weighted by Gasteiger charge is -1.99. The molecule has 0 heteroatoms. The Balaban J connectivity index is 2.54. The molecule has 0 heterocycles. The Labute approximate surface area is 38.2 Å². The Bertz CT molecular complexity index is 103. The molecule has 0 bridgehead atoms. The van der Waals surface area contributed by atoms with Crippen molar-refractivity contribution in [3.8, 4) is 0 Å². The third kappa shape index (κ3) is 0.395. The highest BCUT2D eigenvalue weighted by Gasteiger charge is 1.92. The second-order valence-electron chi connectivity index (χ2n) is 1.51. The minimum atomic E-state index is 1.19. The molecule has 0 saturated heterocycles.